The van der Waals surface area contributed by atoms with Crippen molar-refractivity contribution in [1.29, 1.82) is 0 Å². The van der Waals surface area contributed by atoms with E-state index in [0.29, 0.717) is 0 Å². The van der Waals surface area contributed by atoms with E-state index in [2.05, 4.69) is 22.5 Å². The van der Waals surface area contributed by atoms with Crippen LogP contribution in [0.25, 0.3) is 0 Å². The minimum atomic E-state index is -0.442. The summed E-state index contributed by atoms with van der Waals surface area (Å²) < 4.78 is 0. The number of anilines is 2. The number of benzene rings is 1. The van der Waals surface area contributed by atoms with Crippen LogP contribution in [0, 0.1) is 5.92 Å². The topological polar surface area (TPSA) is 61.4 Å². The second-order valence-corrected chi connectivity index (χ2v) is 6.28. The van der Waals surface area contributed by atoms with Crippen molar-refractivity contribution in [3.05, 3.63) is 24.3 Å². The number of rotatable bonds is 6. The second kappa shape index (κ2) is 7.99. The quantitative estimate of drug-likeness (QED) is 0.848. The Morgan fingerprint density at radius 3 is 2.61 bits per heavy atom. The minimum Gasteiger partial charge on any atom is -0.375 e. The van der Waals surface area contributed by atoms with Gasteiger partial charge in [0.15, 0.2) is 0 Å². The third-order valence-corrected chi connectivity index (χ3v) is 4.54. The molecule has 0 aromatic heterocycles. The molecule has 0 bridgehead atoms. The molecule has 1 aliphatic carbocycles. The van der Waals surface area contributed by atoms with Crippen LogP contribution in [0.5, 0.6) is 0 Å². The van der Waals surface area contributed by atoms with Crippen molar-refractivity contribution in [1.82, 2.24) is 5.32 Å². The van der Waals surface area contributed by atoms with E-state index in [0.717, 1.165) is 43.6 Å². The number of nitrogens with zero attached hydrogens (tertiary/aromatic N) is 1. The molecule has 0 aliphatic heterocycles. The first kappa shape index (κ1) is 17.3. The molecular weight excluding hydrogens is 290 g/mol. The summed E-state index contributed by atoms with van der Waals surface area (Å²) in [5.74, 6) is -0.0414. The van der Waals surface area contributed by atoms with E-state index in [1.54, 1.807) is 0 Å². The summed E-state index contributed by atoms with van der Waals surface area (Å²) in [5, 5.41) is 5.79. The number of carbonyl (C=O) groups excluding carboxylic acids is 2. The van der Waals surface area contributed by atoms with Gasteiger partial charge in [-0.05, 0) is 43.9 Å². The Balaban J connectivity index is 2.09. The summed E-state index contributed by atoms with van der Waals surface area (Å²) in [6.07, 6.45) is 4.25. The lowest BCUT2D eigenvalue weighted by Gasteiger charge is -2.24. The maximum absolute atomic E-state index is 12.6. The van der Waals surface area contributed by atoms with E-state index in [9.17, 15) is 9.59 Å². The fourth-order valence-corrected chi connectivity index (χ4v) is 3.13. The molecule has 1 aromatic rings. The molecule has 1 saturated carbocycles. The maximum atomic E-state index is 12.6. The van der Waals surface area contributed by atoms with Gasteiger partial charge in [0.25, 0.3) is 0 Å². The maximum Gasteiger partial charge on any atom is 0.247 e. The summed E-state index contributed by atoms with van der Waals surface area (Å²) in [4.78, 5) is 26.2. The molecule has 0 radical (unpaired) electrons. The highest BCUT2D eigenvalue weighted by molar-refractivity contribution is 5.97. The second-order valence-electron chi connectivity index (χ2n) is 6.28. The minimum absolute atomic E-state index is 0.122. The van der Waals surface area contributed by atoms with Crippen molar-refractivity contribution in [2.45, 2.75) is 45.6 Å². The van der Waals surface area contributed by atoms with Gasteiger partial charge in [-0.25, -0.2) is 0 Å². The van der Waals surface area contributed by atoms with Crippen molar-refractivity contribution in [2.75, 3.05) is 23.8 Å². The van der Waals surface area contributed by atoms with Crippen LogP contribution in [-0.4, -0.2) is 31.4 Å². The molecule has 1 fully saturated rings. The lowest BCUT2D eigenvalue weighted by Crippen LogP contribution is -2.47. The molecule has 0 heterocycles. The standard InChI is InChI=1S/C18H27N3O2/c1-4-21(3)16-11-7-10-15(12-16)20-18(23)17(19-13(2)22)14-8-5-6-9-14/h7,10-12,14,17H,4-6,8-9H2,1-3H3,(H,19,22)(H,20,23). The number of nitrogens with one attached hydrogen (secondary N) is 2. The summed E-state index contributed by atoms with van der Waals surface area (Å²) >= 11 is 0. The zero-order chi connectivity index (χ0) is 16.8. The molecule has 2 amide bonds. The van der Waals surface area contributed by atoms with Gasteiger partial charge < -0.3 is 15.5 Å². The highest BCUT2D eigenvalue weighted by atomic mass is 16.2. The highest BCUT2D eigenvalue weighted by Gasteiger charge is 2.31. The normalized spacial score (nSPS) is 16.0. The Hall–Kier alpha value is -2.04. The molecule has 23 heavy (non-hydrogen) atoms. The smallest absolute Gasteiger partial charge is 0.247 e. The van der Waals surface area contributed by atoms with Gasteiger partial charge in [0.05, 0.1) is 0 Å². The van der Waals surface area contributed by atoms with Crippen LogP contribution in [0.4, 0.5) is 11.4 Å². The van der Waals surface area contributed by atoms with Crippen molar-refractivity contribution in [3.8, 4) is 0 Å². The van der Waals surface area contributed by atoms with Crippen LogP contribution >= 0.6 is 0 Å². The van der Waals surface area contributed by atoms with Gasteiger partial charge in [0.1, 0.15) is 6.04 Å². The summed E-state index contributed by atoms with van der Waals surface area (Å²) in [5.41, 5.74) is 1.82. The van der Waals surface area contributed by atoms with Crippen LogP contribution in [0.3, 0.4) is 0 Å². The Kier molecular flexibility index (Phi) is 6.02. The molecule has 1 aliphatic rings. The van der Waals surface area contributed by atoms with Crippen molar-refractivity contribution < 1.29 is 9.59 Å². The molecule has 1 aromatic carbocycles. The number of carbonyl (C=O) groups is 2. The van der Waals surface area contributed by atoms with Gasteiger partial charge in [0, 0.05) is 31.9 Å². The molecule has 1 atom stereocenters. The average molecular weight is 317 g/mol. The van der Waals surface area contributed by atoms with Gasteiger partial charge in [0.2, 0.25) is 11.8 Å². The highest BCUT2D eigenvalue weighted by Crippen LogP contribution is 2.28. The van der Waals surface area contributed by atoms with Crippen LogP contribution in [0.2, 0.25) is 0 Å². The summed E-state index contributed by atoms with van der Waals surface area (Å²) in [6.45, 7) is 4.44. The Morgan fingerprint density at radius 2 is 2.00 bits per heavy atom. The first-order valence-electron chi connectivity index (χ1n) is 8.40. The van der Waals surface area contributed by atoms with Gasteiger partial charge in [-0.15, -0.1) is 0 Å². The zero-order valence-corrected chi connectivity index (χ0v) is 14.3. The third kappa shape index (κ3) is 4.71. The van der Waals surface area contributed by atoms with Crippen molar-refractivity contribution in [3.63, 3.8) is 0 Å². The first-order chi connectivity index (χ1) is 11.0. The van der Waals surface area contributed by atoms with Crippen LogP contribution in [0.15, 0.2) is 24.3 Å². The lowest BCUT2D eigenvalue weighted by atomic mass is 9.97. The van der Waals surface area contributed by atoms with Gasteiger partial charge in [-0.2, -0.15) is 0 Å². The van der Waals surface area contributed by atoms with Crippen molar-refractivity contribution in [2.24, 2.45) is 5.92 Å². The number of amides is 2. The number of hydrogen-bond acceptors (Lipinski definition) is 3. The Labute approximate surface area is 138 Å². The van der Waals surface area contributed by atoms with Crippen LogP contribution in [-0.2, 0) is 9.59 Å². The molecule has 5 nitrogen and oxygen atoms in total. The molecule has 1 unspecified atom stereocenters. The van der Waals surface area contributed by atoms with E-state index in [4.69, 9.17) is 0 Å². The van der Waals surface area contributed by atoms with Crippen LogP contribution in [0.1, 0.15) is 39.5 Å². The average Bonchev–Trinajstić information content (AvgIpc) is 3.06. The van der Waals surface area contributed by atoms with E-state index >= 15 is 0 Å². The zero-order valence-electron chi connectivity index (χ0n) is 14.3. The first-order valence-corrected chi connectivity index (χ1v) is 8.40. The molecular formula is C18H27N3O2. The predicted octanol–water partition coefficient (Wildman–Crippen LogP) is 2.78. The molecule has 0 saturated heterocycles. The van der Waals surface area contributed by atoms with E-state index in [-0.39, 0.29) is 17.7 Å². The molecule has 2 rings (SSSR count). The monoisotopic (exact) mass is 317 g/mol. The fourth-order valence-electron chi connectivity index (χ4n) is 3.13. The van der Waals surface area contributed by atoms with Gasteiger partial charge >= 0.3 is 0 Å². The largest absolute Gasteiger partial charge is 0.375 e. The van der Waals surface area contributed by atoms with Crippen LogP contribution < -0.4 is 15.5 Å². The molecule has 126 valence electrons. The van der Waals surface area contributed by atoms with E-state index < -0.39 is 6.04 Å². The number of hydrogen-bond donors (Lipinski definition) is 2. The Bertz CT molecular complexity index is 553. The van der Waals surface area contributed by atoms with E-state index in [1.807, 2.05) is 31.3 Å². The Morgan fingerprint density at radius 1 is 1.30 bits per heavy atom. The third-order valence-electron chi connectivity index (χ3n) is 4.54. The van der Waals surface area contributed by atoms with Gasteiger partial charge in [-0.1, -0.05) is 18.9 Å². The fraction of sp³-hybridized carbons (Fsp3) is 0.556. The summed E-state index contributed by atoms with van der Waals surface area (Å²) in [6, 6.07) is 7.34. The predicted molar refractivity (Wildman–Crippen MR) is 93.6 cm³/mol. The van der Waals surface area contributed by atoms with Gasteiger partial charge in [-0.3, -0.25) is 9.59 Å². The van der Waals surface area contributed by atoms with E-state index in [1.165, 1.54) is 6.92 Å². The van der Waals surface area contributed by atoms with Crippen molar-refractivity contribution >= 4 is 23.2 Å². The lowest BCUT2D eigenvalue weighted by molar-refractivity contribution is -0.126. The molecule has 5 heteroatoms. The SMILES string of the molecule is CCN(C)c1cccc(NC(=O)C(NC(C)=O)C2CCCC2)c1. The molecule has 0 spiro atoms. The summed E-state index contributed by atoms with van der Waals surface area (Å²) in [7, 11) is 2.01. The molecule has 2 N–H and O–H groups in total.